The number of nitrogens with zero attached hydrogens (tertiary/aromatic N) is 1. The topological polar surface area (TPSA) is 94.2 Å². The first-order valence-electron chi connectivity index (χ1n) is 15.7. The monoisotopic (exact) mass is 642 g/mol. The van der Waals surface area contributed by atoms with Crippen molar-refractivity contribution >= 4 is 33.2 Å². The molecule has 6 atom stereocenters. The van der Waals surface area contributed by atoms with Gasteiger partial charge in [-0.25, -0.2) is 13.1 Å². The highest BCUT2D eigenvalue weighted by Gasteiger charge is 2.44. The van der Waals surface area contributed by atoms with Crippen molar-refractivity contribution in [1.82, 2.24) is 4.72 Å². The molecule has 1 N–H and O–H groups in total. The minimum Gasteiger partial charge on any atom is -0.490 e. The van der Waals surface area contributed by atoms with E-state index in [0.29, 0.717) is 30.6 Å². The van der Waals surface area contributed by atoms with Crippen LogP contribution < -0.4 is 14.4 Å². The Morgan fingerprint density at radius 2 is 2.00 bits per heavy atom. The summed E-state index contributed by atoms with van der Waals surface area (Å²) in [6, 6.07) is 11.5. The van der Waals surface area contributed by atoms with Gasteiger partial charge in [-0.2, -0.15) is 0 Å². The minimum absolute atomic E-state index is 0.0173. The minimum atomic E-state index is -4.03. The number of fused-ring (bicyclic) bond motifs is 4. The van der Waals surface area contributed by atoms with E-state index in [4.69, 9.17) is 25.8 Å². The summed E-state index contributed by atoms with van der Waals surface area (Å²) in [7, 11) is -0.808. The molecule has 10 heteroatoms. The Kier molecular flexibility index (Phi) is 9.03. The average molecular weight is 643 g/mol. The zero-order valence-electron chi connectivity index (χ0n) is 25.8. The van der Waals surface area contributed by atoms with Gasteiger partial charge in [0.05, 0.1) is 25.0 Å². The summed E-state index contributed by atoms with van der Waals surface area (Å²) in [6.45, 7) is 3.88. The lowest BCUT2D eigenvalue weighted by Gasteiger charge is -2.46. The molecule has 2 aliphatic heterocycles. The van der Waals surface area contributed by atoms with Gasteiger partial charge in [-0.1, -0.05) is 36.7 Å². The number of halogens is 1. The van der Waals surface area contributed by atoms with Gasteiger partial charge in [-0.15, -0.1) is 0 Å². The van der Waals surface area contributed by atoms with Crippen molar-refractivity contribution in [2.75, 3.05) is 45.4 Å². The number of amides is 1. The van der Waals surface area contributed by atoms with E-state index in [1.165, 1.54) is 18.2 Å². The third kappa shape index (κ3) is 6.00. The van der Waals surface area contributed by atoms with Crippen LogP contribution in [0.4, 0.5) is 5.69 Å². The molecule has 2 aromatic carbocycles. The predicted octanol–water partition coefficient (Wildman–Crippen LogP) is 5.52. The second-order valence-corrected chi connectivity index (χ2v) is 15.4. The summed E-state index contributed by atoms with van der Waals surface area (Å²) in [5.41, 5.74) is 3.40. The summed E-state index contributed by atoms with van der Waals surface area (Å²) in [5.74, 6) is 0.505. The lowest BCUT2D eigenvalue weighted by molar-refractivity contribution is 0.0131. The Hall–Kier alpha value is -2.59. The van der Waals surface area contributed by atoms with Crippen LogP contribution in [0.15, 0.2) is 48.6 Å². The molecular weight excluding hydrogens is 600 g/mol. The lowest BCUT2D eigenvalue weighted by Crippen LogP contribution is -2.49. The number of aryl methyl sites for hydroxylation is 1. The molecule has 4 aliphatic rings. The number of hydrogen-bond donors (Lipinski definition) is 1. The molecule has 0 aromatic heterocycles. The molecule has 1 spiro atoms. The molecule has 1 amide bonds. The highest BCUT2D eigenvalue weighted by molar-refractivity contribution is 7.90. The maximum Gasteiger partial charge on any atom is 0.264 e. The molecule has 238 valence electrons. The van der Waals surface area contributed by atoms with Crippen molar-refractivity contribution in [3.63, 3.8) is 0 Å². The number of allylic oxidation sites excluding steroid dienone is 1. The average Bonchev–Trinajstić information content (AvgIpc) is 3.13. The second kappa shape index (κ2) is 12.7. The van der Waals surface area contributed by atoms with Crippen molar-refractivity contribution < 1.29 is 27.4 Å². The van der Waals surface area contributed by atoms with Crippen molar-refractivity contribution in [2.45, 2.75) is 62.2 Å². The van der Waals surface area contributed by atoms with Crippen LogP contribution >= 0.6 is 11.6 Å². The SMILES string of the molecule is COC[C@H]1[C@@H](C)C/C=C\[C@H](OC)[C@@H]2CC[C@H]2CN2C[C@@]3(CCCc4cc(Cl)ccc43)COc3ccc(cc32)C(=O)NS1(=O)=O. The zero-order valence-corrected chi connectivity index (χ0v) is 27.3. The van der Waals surface area contributed by atoms with Crippen LogP contribution in [0.1, 0.15) is 60.5 Å². The highest BCUT2D eigenvalue weighted by Crippen LogP contribution is 2.47. The van der Waals surface area contributed by atoms with Crippen molar-refractivity contribution in [1.29, 1.82) is 0 Å². The number of anilines is 1. The summed E-state index contributed by atoms with van der Waals surface area (Å²) in [6.07, 6.45) is 9.74. The van der Waals surface area contributed by atoms with E-state index in [1.807, 2.05) is 25.1 Å². The number of ether oxygens (including phenoxy) is 3. The Morgan fingerprint density at radius 1 is 1.16 bits per heavy atom. The van der Waals surface area contributed by atoms with Crippen molar-refractivity contribution in [3.8, 4) is 5.75 Å². The largest absolute Gasteiger partial charge is 0.490 e. The summed E-state index contributed by atoms with van der Waals surface area (Å²) in [5, 5.41) is -0.154. The smallest absolute Gasteiger partial charge is 0.264 e. The molecular formula is C34H43ClN2O6S. The van der Waals surface area contributed by atoms with E-state index >= 15 is 0 Å². The van der Waals surface area contributed by atoms with Crippen LogP contribution in [0.2, 0.25) is 5.02 Å². The molecule has 8 nitrogen and oxygen atoms in total. The molecule has 0 unspecified atom stereocenters. The van der Waals surface area contributed by atoms with Crippen molar-refractivity contribution in [2.24, 2.45) is 17.8 Å². The first-order valence-corrected chi connectivity index (χ1v) is 17.6. The molecule has 2 aliphatic carbocycles. The van der Waals surface area contributed by atoms with Crippen LogP contribution in [-0.2, 0) is 31.3 Å². The fourth-order valence-electron chi connectivity index (χ4n) is 7.76. The van der Waals surface area contributed by atoms with E-state index in [9.17, 15) is 13.2 Å². The van der Waals surface area contributed by atoms with Gasteiger partial charge < -0.3 is 19.1 Å². The summed E-state index contributed by atoms with van der Waals surface area (Å²) >= 11 is 6.41. The molecule has 0 radical (unpaired) electrons. The number of carbonyl (C=O) groups excluding carboxylic acids is 1. The number of carbonyl (C=O) groups is 1. The van der Waals surface area contributed by atoms with E-state index in [2.05, 4.69) is 27.8 Å². The molecule has 2 aromatic rings. The molecule has 2 bridgehead atoms. The van der Waals surface area contributed by atoms with Gasteiger partial charge in [0.25, 0.3) is 5.91 Å². The number of benzene rings is 2. The molecule has 1 saturated carbocycles. The molecule has 0 saturated heterocycles. The number of sulfonamides is 1. The quantitative estimate of drug-likeness (QED) is 0.441. The maximum absolute atomic E-state index is 13.5. The van der Waals surface area contributed by atoms with Crippen LogP contribution in [0.3, 0.4) is 0 Å². The van der Waals surface area contributed by atoms with Crippen LogP contribution in [-0.4, -0.2) is 66.2 Å². The van der Waals surface area contributed by atoms with Crippen molar-refractivity contribution in [3.05, 3.63) is 70.3 Å². The standard InChI is InChI=1S/C34H43ClN2O6S/c1-22-6-4-8-30(42-3)27-12-9-25(27)18-37-20-34(15-5-7-23-16-26(35)11-13-28(23)34)21-43-31-14-10-24(17-29(31)37)33(38)36-44(39,40)32(22)19-41-2/h4,8,10-11,13-14,16-17,22,25,27,30,32H,5-7,9,12,15,18-21H2,1-3H3,(H,36,38)/b8-4-/t22-,25-,27+,30-,32-,34-/m0/s1. The Bertz CT molecular complexity index is 1530. The zero-order chi connectivity index (χ0) is 31.1. The van der Waals surface area contributed by atoms with Gasteiger partial charge in [0.1, 0.15) is 11.0 Å². The van der Waals surface area contributed by atoms with Crippen LogP contribution in [0.5, 0.6) is 5.75 Å². The fraction of sp³-hybridized carbons (Fsp3) is 0.559. The fourth-order valence-corrected chi connectivity index (χ4v) is 9.52. The molecule has 1 fully saturated rings. The molecule has 2 heterocycles. The van der Waals surface area contributed by atoms with E-state index in [0.717, 1.165) is 55.9 Å². The number of hydrogen-bond acceptors (Lipinski definition) is 7. The predicted molar refractivity (Wildman–Crippen MR) is 172 cm³/mol. The van der Waals surface area contributed by atoms with Gasteiger partial charge >= 0.3 is 0 Å². The van der Waals surface area contributed by atoms with E-state index in [1.54, 1.807) is 19.2 Å². The molecule has 44 heavy (non-hydrogen) atoms. The van der Waals surface area contributed by atoms with E-state index in [-0.39, 0.29) is 29.6 Å². The third-order valence-electron chi connectivity index (χ3n) is 10.4. The highest BCUT2D eigenvalue weighted by atomic mass is 35.5. The Balaban J connectivity index is 1.43. The number of rotatable bonds is 3. The first-order chi connectivity index (χ1) is 21.1. The number of methoxy groups -OCH3 is 2. The molecule has 6 rings (SSSR count). The summed E-state index contributed by atoms with van der Waals surface area (Å²) in [4.78, 5) is 15.9. The Morgan fingerprint density at radius 3 is 2.75 bits per heavy atom. The second-order valence-electron chi connectivity index (χ2n) is 13.1. The van der Waals surface area contributed by atoms with Crippen LogP contribution in [0.25, 0.3) is 0 Å². The van der Waals surface area contributed by atoms with Gasteiger partial charge in [-0.05, 0) is 97.7 Å². The third-order valence-corrected chi connectivity index (χ3v) is 12.5. The lowest BCUT2D eigenvalue weighted by atomic mass is 9.68. The van der Waals surface area contributed by atoms with Gasteiger partial charge in [0, 0.05) is 43.3 Å². The van der Waals surface area contributed by atoms with Gasteiger partial charge in [0.2, 0.25) is 10.0 Å². The summed E-state index contributed by atoms with van der Waals surface area (Å²) < 4.78 is 47.3. The van der Waals surface area contributed by atoms with E-state index < -0.39 is 21.2 Å². The van der Waals surface area contributed by atoms with Gasteiger partial charge in [0.15, 0.2) is 0 Å². The normalized spacial score (nSPS) is 32.3. The van der Waals surface area contributed by atoms with Gasteiger partial charge in [-0.3, -0.25) is 4.79 Å². The maximum atomic E-state index is 13.5. The van der Waals surface area contributed by atoms with Crippen LogP contribution in [0, 0.1) is 17.8 Å². The number of nitrogens with one attached hydrogen (secondary N) is 1. The Labute approximate surface area is 266 Å². The first kappa shape index (κ1) is 31.4.